The van der Waals surface area contributed by atoms with Crippen LogP contribution >= 0.6 is 0 Å². The van der Waals surface area contributed by atoms with Crippen LogP contribution in [0.1, 0.15) is 67.8 Å². The van der Waals surface area contributed by atoms with E-state index in [0.29, 0.717) is 29.9 Å². The van der Waals surface area contributed by atoms with Crippen LogP contribution in [0.4, 0.5) is 0 Å². The molecule has 1 saturated carbocycles. The summed E-state index contributed by atoms with van der Waals surface area (Å²) in [6, 6.07) is 3.52. The van der Waals surface area contributed by atoms with Gasteiger partial charge in [0.2, 0.25) is 11.8 Å². The lowest BCUT2D eigenvalue weighted by Crippen LogP contribution is -2.50. The molecule has 2 amide bonds. The van der Waals surface area contributed by atoms with Gasteiger partial charge in [0.15, 0.2) is 5.78 Å². The summed E-state index contributed by atoms with van der Waals surface area (Å²) < 4.78 is 1.64. The van der Waals surface area contributed by atoms with Gasteiger partial charge in [-0.3, -0.25) is 19.1 Å². The maximum Gasteiger partial charge on any atom is 0.245 e. The molecule has 2 saturated heterocycles. The van der Waals surface area contributed by atoms with Gasteiger partial charge in [-0.1, -0.05) is 13.3 Å². The molecule has 3 aromatic rings. The summed E-state index contributed by atoms with van der Waals surface area (Å²) in [5.41, 5.74) is 3.70. The number of benzene rings is 1. The van der Waals surface area contributed by atoms with Gasteiger partial charge in [-0.2, -0.15) is 5.10 Å². The van der Waals surface area contributed by atoms with Crippen molar-refractivity contribution in [3.05, 3.63) is 41.6 Å². The van der Waals surface area contributed by atoms with Crippen LogP contribution in [0.5, 0.6) is 0 Å². The van der Waals surface area contributed by atoms with Gasteiger partial charge in [0.25, 0.3) is 0 Å². The molecule has 2 aromatic heterocycles. The third-order valence-electron chi connectivity index (χ3n) is 9.17. The SMILES string of the molecule is CC(=O)c1nn(CC(=O)N2C3C[C@]3(C)C[C@H]2C(=O)NCCN2CCCCC2)c2c(C)cc(-c3cnc(C)nc3)cc12. The monoisotopic (exact) mass is 557 g/mol. The summed E-state index contributed by atoms with van der Waals surface area (Å²) in [7, 11) is 0. The number of hydrogen-bond donors (Lipinski definition) is 1. The van der Waals surface area contributed by atoms with Crippen LogP contribution in [-0.2, 0) is 16.1 Å². The van der Waals surface area contributed by atoms with Crippen LogP contribution in [0.3, 0.4) is 0 Å². The van der Waals surface area contributed by atoms with E-state index in [4.69, 9.17) is 0 Å². The number of nitrogens with zero attached hydrogens (tertiary/aromatic N) is 6. The van der Waals surface area contributed by atoms with E-state index in [1.54, 1.807) is 22.0 Å². The molecule has 0 spiro atoms. The van der Waals surface area contributed by atoms with Gasteiger partial charge < -0.3 is 15.1 Å². The van der Waals surface area contributed by atoms with E-state index in [2.05, 4.69) is 32.2 Å². The molecule has 1 unspecified atom stereocenters. The van der Waals surface area contributed by atoms with E-state index in [-0.39, 0.29) is 35.6 Å². The molecule has 1 aromatic carbocycles. The van der Waals surface area contributed by atoms with Gasteiger partial charge >= 0.3 is 0 Å². The van der Waals surface area contributed by atoms with Crippen LogP contribution < -0.4 is 5.32 Å². The lowest BCUT2D eigenvalue weighted by Gasteiger charge is -2.29. The number of Topliss-reactive ketones (excluding diaryl/α,β-unsaturated/α-hetero) is 1. The summed E-state index contributed by atoms with van der Waals surface area (Å²) in [4.78, 5) is 52.6. The molecule has 0 bridgehead atoms. The Morgan fingerprint density at radius 3 is 2.46 bits per heavy atom. The predicted octanol–water partition coefficient (Wildman–Crippen LogP) is 3.29. The summed E-state index contributed by atoms with van der Waals surface area (Å²) >= 11 is 0. The second kappa shape index (κ2) is 10.6. The molecule has 10 heteroatoms. The van der Waals surface area contributed by atoms with E-state index in [0.717, 1.165) is 48.3 Å². The fourth-order valence-electron chi connectivity index (χ4n) is 6.82. The molecule has 6 rings (SSSR count). The van der Waals surface area contributed by atoms with Crippen molar-refractivity contribution in [1.82, 2.24) is 34.9 Å². The van der Waals surface area contributed by atoms with Crippen molar-refractivity contribution in [2.45, 2.75) is 78.4 Å². The normalized spacial score (nSPS) is 24.0. The van der Waals surface area contributed by atoms with Crippen molar-refractivity contribution < 1.29 is 14.4 Å². The zero-order valence-electron chi connectivity index (χ0n) is 24.4. The second-order valence-electron chi connectivity index (χ2n) is 12.4. The summed E-state index contributed by atoms with van der Waals surface area (Å²) in [5.74, 6) is 0.312. The Hall–Kier alpha value is -3.66. The first kappa shape index (κ1) is 27.5. The molecule has 3 aliphatic rings. The van der Waals surface area contributed by atoms with Crippen molar-refractivity contribution in [3.8, 4) is 11.1 Å². The van der Waals surface area contributed by atoms with Crippen molar-refractivity contribution in [2.24, 2.45) is 5.41 Å². The van der Waals surface area contributed by atoms with E-state index in [9.17, 15) is 14.4 Å². The Balaban J connectivity index is 1.23. The van der Waals surface area contributed by atoms with Crippen molar-refractivity contribution in [1.29, 1.82) is 0 Å². The molecule has 4 heterocycles. The third kappa shape index (κ3) is 5.25. The smallest absolute Gasteiger partial charge is 0.245 e. The van der Waals surface area contributed by atoms with Crippen molar-refractivity contribution >= 4 is 28.5 Å². The highest BCUT2D eigenvalue weighted by molar-refractivity contribution is 6.07. The Kier molecular flexibility index (Phi) is 7.13. The molecule has 3 atom stereocenters. The minimum Gasteiger partial charge on any atom is -0.353 e. The minimum absolute atomic E-state index is 0.0117. The Morgan fingerprint density at radius 2 is 1.76 bits per heavy atom. The topological polar surface area (TPSA) is 113 Å². The highest BCUT2D eigenvalue weighted by Crippen LogP contribution is 2.59. The van der Waals surface area contributed by atoms with Crippen LogP contribution in [0.15, 0.2) is 24.5 Å². The molecule has 3 fully saturated rings. The first-order valence-electron chi connectivity index (χ1n) is 14.8. The van der Waals surface area contributed by atoms with Gasteiger partial charge in [0.1, 0.15) is 24.1 Å². The fourth-order valence-corrected chi connectivity index (χ4v) is 6.82. The number of piperidine rings is 2. The quantitative estimate of drug-likeness (QED) is 0.423. The molecule has 1 N–H and O–H groups in total. The number of rotatable bonds is 8. The third-order valence-corrected chi connectivity index (χ3v) is 9.17. The summed E-state index contributed by atoms with van der Waals surface area (Å²) in [6.45, 7) is 11.0. The number of nitrogens with one attached hydrogen (secondary N) is 1. The molecule has 41 heavy (non-hydrogen) atoms. The highest BCUT2D eigenvalue weighted by atomic mass is 16.2. The number of amides is 2. The molecular weight excluding hydrogens is 518 g/mol. The average molecular weight is 558 g/mol. The number of likely N-dealkylation sites (tertiary alicyclic amines) is 2. The van der Waals surface area contributed by atoms with Gasteiger partial charge in [0.05, 0.1) is 5.52 Å². The second-order valence-corrected chi connectivity index (χ2v) is 12.4. The number of aromatic nitrogens is 4. The molecule has 2 aliphatic heterocycles. The predicted molar refractivity (Wildman–Crippen MR) is 155 cm³/mol. The van der Waals surface area contributed by atoms with Gasteiger partial charge in [-0.05, 0) is 81.3 Å². The Labute approximate surface area is 240 Å². The summed E-state index contributed by atoms with van der Waals surface area (Å²) in [5, 5.41) is 8.43. The number of ketones is 1. The number of carbonyl (C=O) groups excluding carboxylic acids is 3. The molecule has 1 aliphatic carbocycles. The van der Waals surface area contributed by atoms with Gasteiger partial charge in [-0.15, -0.1) is 0 Å². The lowest BCUT2D eigenvalue weighted by atomic mass is 10.0. The standard InChI is InChI=1S/C31H39N7O3/c1-19-12-22(23-16-33-21(3)34-17-23)13-24-28(20(2)39)35-37(29(19)24)18-27(40)38-25(14-31(4)15-26(31)38)30(41)32-8-11-36-9-6-5-7-10-36/h12-13,16-17,25-26H,5-11,14-15,18H2,1-4H3,(H,32,41)/t25-,26?,31-/m0/s1. The molecule has 10 nitrogen and oxygen atoms in total. The Bertz CT molecular complexity index is 1510. The zero-order valence-corrected chi connectivity index (χ0v) is 24.4. The Morgan fingerprint density at radius 1 is 1.02 bits per heavy atom. The molecule has 0 radical (unpaired) electrons. The zero-order chi connectivity index (χ0) is 28.9. The number of hydrogen-bond acceptors (Lipinski definition) is 7. The van der Waals surface area contributed by atoms with Gasteiger partial charge in [-0.25, -0.2) is 9.97 Å². The maximum atomic E-state index is 13.9. The average Bonchev–Trinajstić information content (AvgIpc) is 3.30. The van der Waals surface area contributed by atoms with E-state index < -0.39 is 6.04 Å². The molecule has 216 valence electrons. The largest absolute Gasteiger partial charge is 0.353 e. The van der Waals surface area contributed by atoms with E-state index in [1.807, 2.05) is 26.0 Å². The van der Waals surface area contributed by atoms with Crippen LogP contribution in [0, 0.1) is 19.3 Å². The van der Waals surface area contributed by atoms with Crippen LogP contribution in [0.25, 0.3) is 22.0 Å². The number of carbonyl (C=O) groups is 3. The summed E-state index contributed by atoms with van der Waals surface area (Å²) in [6.07, 6.45) is 8.84. The first-order chi connectivity index (χ1) is 19.6. The fraction of sp³-hybridized carbons (Fsp3) is 0.548. The minimum atomic E-state index is -0.476. The van der Waals surface area contributed by atoms with E-state index >= 15 is 0 Å². The highest BCUT2D eigenvalue weighted by Gasteiger charge is 2.64. The van der Waals surface area contributed by atoms with Gasteiger partial charge in [0, 0.05) is 49.4 Å². The lowest BCUT2D eigenvalue weighted by molar-refractivity contribution is -0.140. The van der Waals surface area contributed by atoms with Crippen LogP contribution in [-0.4, -0.2) is 85.4 Å². The maximum absolute atomic E-state index is 13.9. The van der Waals surface area contributed by atoms with Crippen LogP contribution in [0.2, 0.25) is 0 Å². The van der Waals surface area contributed by atoms with Crippen molar-refractivity contribution in [2.75, 3.05) is 26.2 Å². The number of aryl methyl sites for hydroxylation is 2. The number of fused-ring (bicyclic) bond motifs is 2. The molecular formula is C31H39N7O3. The van der Waals surface area contributed by atoms with Crippen molar-refractivity contribution in [3.63, 3.8) is 0 Å². The first-order valence-corrected chi connectivity index (χ1v) is 14.8. The van der Waals surface area contributed by atoms with E-state index in [1.165, 1.54) is 26.2 Å².